The van der Waals surface area contributed by atoms with E-state index < -0.39 is 0 Å². The standard InChI is InChI=1S/C29H54O5/c30-27(19-11-7-3-1-5-9-15-23-31-28-21-13-17-25-33-28)20-12-8-4-2-6-10-16-24-32-29-22-14-18-26-34-29/h28-29H,1-26H2. The lowest BCUT2D eigenvalue weighted by Gasteiger charge is -2.22. The van der Waals surface area contributed by atoms with E-state index in [1.54, 1.807) is 0 Å². The monoisotopic (exact) mass is 482 g/mol. The highest BCUT2D eigenvalue weighted by molar-refractivity contribution is 5.78. The van der Waals surface area contributed by atoms with Crippen LogP contribution in [-0.2, 0) is 23.7 Å². The van der Waals surface area contributed by atoms with Gasteiger partial charge in [-0.15, -0.1) is 0 Å². The van der Waals surface area contributed by atoms with Crippen LogP contribution in [0.5, 0.6) is 0 Å². The molecule has 2 saturated heterocycles. The molecule has 0 spiro atoms. The average Bonchev–Trinajstić information content (AvgIpc) is 2.87. The van der Waals surface area contributed by atoms with Gasteiger partial charge in [-0.05, 0) is 64.2 Å². The fourth-order valence-corrected chi connectivity index (χ4v) is 4.86. The van der Waals surface area contributed by atoms with E-state index >= 15 is 0 Å². The smallest absolute Gasteiger partial charge is 0.157 e. The van der Waals surface area contributed by atoms with Gasteiger partial charge in [0.25, 0.3) is 0 Å². The topological polar surface area (TPSA) is 54.0 Å². The summed E-state index contributed by atoms with van der Waals surface area (Å²) in [5.74, 6) is 0.476. The van der Waals surface area contributed by atoms with E-state index in [1.807, 2.05) is 0 Å². The maximum Gasteiger partial charge on any atom is 0.157 e. The molecule has 200 valence electrons. The van der Waals surface area contributed by atoms with Crippen molar-refractivity contribution in [3.8, 4) is 0 Å². The normalized spacial score (nSPS) is 21.1. The second-order valence-electron chi connectivity index (χ2n) is 10.3. The Morgan fingerprint density at radius 2 is 0.912 bits per heavy atom. The molecule has 2 rings (SSSR count). The molecule has 0 aliphatic carbocycles. The summed E-state index contributed by atoms with van der Waals surface area (Å²) in [7, 11) is 0. The molecule has 2 unspecified atom stereocenters. The molecule has 2 atom stereocenters. The number of hydrogen-bond donors (Lipinski definition) is 0. The zero-order chi connectivity index (χ0) is 23.9. The van der Waals surface area contributed by atoms with Gasteiger partial charge < -0.3 is 18.9 Å². The van der Waals surface area contributed by atoms with Crippen molar-refractivity contribution < 1.29 is 23.7 Å². The Balaban J connectivity index is 1.22. The minimum absolute atomic E-state index is 0.0588. The van der Waals surface area contributed by atoms with E-state index in [2.05, 4.69) is 0 Å². The van der Waals surface area contributed by atoms with Crippen molar-refractivity contribution in [2.75, 3.05) is 26.4 Å². The summed E-state index contributed by atoms with van der Waals surface area (Å²) in [5, 5.41) is 0. The van der Waals surface area contributed by atoms with Gasteiger partial charge in [0.1, 0.15) is 5.78 Å². The Hall–Kier alpha value is -0.490. The largest absolute Gasteiger partial charge is 0.353 e. The van der Waals surface area contributed by atoms with Gasteiger partial charge in [0.2, 0.25) is 0 Å². The van der Waals surface area contributed by atoms with Gasteiger partial charge in [0.15, 0.2) is 12.6 Å². The zero-order valence-corrected chi connectivity index (χ0v) is 22.1. The second-order valence-corrected chi connectivity index (χ2v) is 10.3. The van der Waals surface area contributed by atoms with E-state index in [-0.39, 0.29) is 12.6 Å². The lowest BCUT2D eigenvalue weighted by atomic mass is 10.0. The molecule has 0 N–H and O–H groups in total. The van der Waals surface area contributed by atoms with Gasteiger partial charge >= 0.3 is 0 Å². The first-order valence-corrected chi connectivity index (χ1v) is 14.8. The van der Waals surface area contributed by atoms with E-state index in [0.717, 1.165) is 77.8 Å². The van der Waals surface area contributed by atoms with Crippen LogP contribution in [0.4, 0.5) is 0 Å². The van der Waals surface area contributed by atoms with Crippen molar-refractivity contribution in [2.45, 2.75) is 154 Å². The van der Waals surface area contributed by atoms with E-state index in [9.17, 15) is 4.79 Å². The number of carbonyl (C=O) groups is 1. The molecule has 5 nitrogen and oxygen atoms in total. The molecule has 0 aromatic heterocycles. The van der Waals surface area contributed by atoms with Crippen molar-refractivity contribution in [1.29, 1.82) is 0 Å². The first kappa shape index (κ1) is 29.7. The third-order valence-corrected chi connectivity index (χ3v) is 7.08. The Kier molecular flexibility index (Phi) is 19.0. The maximum absolute atomic E-state index is 12.1. The van der Waals surface area contributed by atoms with Crippen LogP contribution < -0.4 is 0 Å². The zero-order valence-electron chi connectivity index (χ0n) is 22.1. The molecule has 2 aliphatic heterocycles. The fraction of sp³-hybridized carbons (Fsp3) is 0.966. The quantitative estimate of drug-likeness (QED) is 0.147. The van der Waals surface area contributed by atoms with Crippen molar-refractivity contribution in [1.82, 2.24) is 0 Å². The predicted octanol–water partition coefficient (Wildman–Crippen LogP) is 7.88. The molecule has 2 heterocycles. The number of Topliss-reactive ketones (excluding diaryl/α,β-unsaturated/α-hetero) is 1. The van der Waals surface area contributed by atoms with Gasteiger partial charge in [-0.25, -0.2) is 0 Å². The number of ketones is 1. The number of hydrogen-bond acceptors (Lipinski definition) is 5. The minimum atomic E-state index is 0.0588. The molecule has 2 fully saturated rings. The summed E-state index contributed by atoms with van der Waals surface area (Å²) in [6.07, 6.45) is 25.7. The molecule has 0 aromatic rings. The van der Waals surface area contributed by atoms with Crippen molar-refractivity contribution in [2.24, 2.45) is 0 Å². The highest BCUT2D eigenvalue weighted by atomic mass is 16.7. The lowest BCUT2D eigenvalue weighted by Crippen LogP contribution is -2.22. The Morgan fingerprint density at radius 3 is 1.29 bits per heavy atom. The maximum atomic E-state index is 12.1. The van der Waals surface area contributed by atoms with Crippen LogP contribution in [0, 0.1) is 0 Å². The molecular weight excluding hydrogens is 428 g/mol. The highest BCUT2D eigenvalue weighted by Crippen LogP contribution is 2.16. The first-order chi connectivity index (χ1) is 16.8. The number of rotatable bonds is 22. The number of ether oxygens (including phenoxy) is 4. The van der Waals surface area contributed by atoms with Gasteiger partial charge in [0.05, 0.1) is 0 Å². The summed E-state index contributed by atoms with van der Waals surface area (Å²) in [5.41, 5.74) is 0. The van der Waals surface area contributed by atoms with Gasteiger partial charge in [-0.2, -0.15) is 0 Å². The first-order valence-electron chi connectivity index (χ1n) is 14.8. The van der Waals surface area contributed by atoms with Gasteiger partial charge in [0, 0.05) is 39.3 Å². The van der Waals surface area contributed by atoms with Crippen LogP contribution >= 0.6 is 0 Å². The van der Waals surface area contributed by atoms with Gasteiger partial charge in [-0.3, -0.25) is 4.79 Å². The molecule has 5 heteroatoms. The van der Waals surface area contributed by atoms with E-state index in [4.69, 9.17) is 18.9 Å². The highest BCUT2D eigenvalue weighted by Gasteiger charge is 2.14. The lowest BCUT2D eigenvalue weighted by molar-refractivity contribution is -0.163. The van der Waals surface area contributed by atoms with E-state index in [0.29, 0.717) is 5.78 Å². The van der Waals surface area contributed by atoms with Crippen molar-refractivity contribution >= 4 is 5.78 Å². The number of carbonyl (C=O) groups excluding carboxylic acids is 1. The summed E-state index contributed by atoms with van der Waals surface area (Å²) in [6.45, 7) is 3.40. The summed E-state index contributed by atoms with van der Waals surface area (Å²) in [4.78, 5) is 12.1. The van der Waals surface area contributed by atoms with Crippen LogP contribution in [-0.4, -0.2) is 44.8 Å². The average molecular weight is 483 g/mol. The van der Waals surface area contributed by atoms with E-state index in [1.165, 1.54) is 89.9 Å². The van der Waals surface area contributed by atoms with Crippen molar-refractivity contribution in [3.63, 3.8) is 0 Å². The van der Waals surface area contributed by atoms with Crippen molar-refractivity contribution in [3.05, 3.63) is 0 Å². The minimum Gasteiger partial charge on any atom is -0.353 e. The SMILES string of the molecule is O=C(CCCCCCCCCOC1CCCCO1)CCCCCCCCCOC1CCCCO1. The Labute approximate surface area is 210 Å². The molecular formula is C29H54O5. The molecule has 34 heavy (non-hydrogen) atoms. The molecule has 0 saturated carbocycles. The molecule has 0 aromatic carbocycles. The molecule has 0 amide bonds. The van der Waals surface area contributed by atoms with Gasteiger partial charge in [-0.1, -0.05) is 64.2 Å². The third kappa shape index (κ3) is 17.0. The summed E-state index contributed by atoms with van der Waals surface area (Å²) in [6, 6.07) is 0. The van der Waals surface area contributed by atoms with Crippen LogP contribution in [0.2, 0.25) is 0 Å². The molecule has 2 aliphatic rings. The van der Waals surface area contributed by atoms with Crippen LogP contribution in [0.15, 0.2) is 0 Å². The second kappa shape index (κ2) is 21.8. The fourth-order valence-electron chi connectivity index (χ4n) is 4.86. The molecule has 0 bridgehead atoms. The van der Waals surface area contributed by atoms with Crippen LogP contribution in [0.3, 0.4) is 0 Å². The van der Waals surface area contributed by atoms with Crippen LogP contribution in [0.25, 0.3) is 0 Å². The third-order valence-electron chi connectivity index (χ3n) is 7.08. The van der Waals surface area contributed by atoms with Crippen LogP contribution in [0.1, 0.15) is 141 Å². The number of unbranched alkanes of at least 4 members (excludes halogenated alkanes) is 12. The summed E-state index contributed by atoms with van der Waals surface area (Å²) >= 11 is 0. The summed E-state index contributed by atoms with van der Waals surface area (Å²) < 4.78 is 22.7. The molecule has 0 radical (unpaired) electrons. The predicted molar refractivity (Wildman–Crippen MR) is 138 cm³/mol. The Bertz CT molecular complexity index is 417. The Morgan fingerprint density at radius 1 is 0.529 bits per heavy atom.